The van der Waals surface area contributed by atoms with E-state index in [-0.39, 0.29) is 24.2 Å². The van der Waals surface area contributed by atoms with Crippen molar-refractivity contribution in [3.8, 4) is 16.3 Å². The number of nitrogens with zero attached hydrogens (tertiary/aromatic N) is 1. The molecule has 0 bridgehead atoms. The van der Waals surface area contributed by atoms with E-state index in [0.717, 1.165) is 27.6 Å². The SMILES string of the molecule is CCOc1ccc(-c2nc(CC(=O)NC(C)c3ccc(F)cc3)cs2)cc1. The third-order valence-corrected chi connectivity index (χ3v) is 4.99. The van der Waals surface area contributed by atoms with Crippen LogP contribution in [-0.4, -0.2) is 17.5 Å². The van der Waals surface area contributed by atoms with Gasteiger partial charge >= 0.3 is 0 Å². The number of halogens is 1. The first-order valence-corrected chi connectivity index (χ1v) is 9.65. The Morgan fingerprint density at radius 3 is 2.56 bits per heavy atom. The van der Waals surface area contributed by atoms with Gasteiger partial charge in [-0.25, -0.2) is 9.37 Å². The Kier molecular flexibility index (Phi) is 6.19. The highest BCUT2D eigenvalue weighted by Crippen LogP contribution is 2.26. The molecule has 0 radical (unpaired) electrons. The number of carbonyl (C=O) groups excluding carboxylic acids is 1. The summed E-state index contributed by atoms with van der Waals surface area (Å²) in [7, 11) is 0. The third kappa shape index (κ3) is 5.14. The number of amides is 1. The van der Waals surface area contributed by atoms with E-state index in [0.29, 0.717) is 6.61 Å². The zero-order valence-electron chi connectivity index (χ0n) is 15.2. The van der Waals surface area contributed by atoms with Crippen molar-refractivity contribution in [2.45, 2.75) is 26.3 Å². The van der Waals surface area contributed by atoms with Crippen LogP contribution in [0.5, 0.6) is 5.75 Å². The maximum absolute atomic E-state index is 13.0. The van der Waals surface area contributed by atoms with Crippen LogP contribution in [0.4, 0.5) is 4.39 Å². The fourth-order valence-electron chi connectivity index (χ4n) is 2.67. The fourth-order valence-corrected chi connectivity index (χ4v) is 3.50. The van der Waals surface area contributed by atoms with Crippen molar-refractivity contribution < 1.29 is 13.9 Å². The summed E-state index contributed by atoms with van der Waals surface area (Å²) in [6.45, 7) is 4.45. The zero-order chi connectivity index (χ0) is 19.2. The number of ether oxygens (including phenoxy) is 1. The standard InChI is InChI=1S/C21H21FN2O2S/c1-3-26-19-10-6-16(7-11-19)21-24-18(13-27-21)12-20(25)23-14(2)15-4-8-17(22)9-5-15/h4-11,13-14H,3,12H2,1-2H3,(H,23,25). The lowest BCUT2D eigenvalue weighted by Gasteiger charge is -2.13. The number of benzene rings is 2. The van der Waals surface area contributed by atoms with Crippen molar-refractivity contribution in [2.24, 2.45) is 0 Å². The minimum absolute atomic E-state index is 0.115. The molecule has 0 aliphatic carbocycles. The van der Waals surface area contributed by atoms with Crippen LogP contribution < -0.4 is 10.1 Å². The molecule has 1 unspecified atom stereocenters. The highest BCUT2D eigenvalue weighted by molar-refractivity contribution is 7.13. The van der Waals surface area contributed by atoms with E-state index in [1.165, 1.54) is 23.5 Å². The Morgan fingerprint density at radius 2 is 1.89 bits per heavy atom. The number of hydrogen-bond acceptors (Lipinski definition) is 4. The van der Waals surface area contributed by atoms with Crippen molar-refractivity contribution in [2.75, 3.05) is 6.61 Å². The van der Waals surface area contributed by atoms with Crippen LogP contribution in [0, 0.1) is 5.82 Å². The van der Waals surface area contributed by atoms with E-state index in [1.54, 1.807) is 12.1 Å². The van der Waals surface area contributed by atoms with Gasteiger partial charge in [-0.1, -0.05) is 12.1 Å². The van der Waals surface area contributed by atoms with Gasteiger partial charge in [-0.3, -0.25) is 4.79 Å². The summed E-state index contributed by atoms with van der Waals surface area (Å²) in [5.74, 6) is 0.420. The van der Waals surface area contributed by atoms with Crippen LogP contribution in [0.2, 0.25) is 0 Å². The average Bonchev–Trinajstić information content (AvgIpc) is 3.11. The molecule has 1 N–H and O–H groups in total. The summed E-state index contributed by atoms with van der Waals surface area (Å²) >= 11 is 1.51. The highest BCUT2D eigenvalue weighted by Gasteiger charge is 2.13. The largest absolute Gasteiger partial charge is 0.494 e. The topological polar surface area (TPSA) is 51.2 Å². The molecule has 1 aromatic heterocycles. The second-order valence-corrected chi connectivity index (χ2v) is 6.98. The predicted octanol–water partition coefficient (Wildman–Crippen LogP) is 4.77. The second kappa shape index (κ2) is 8.77. The molecule has 140 valence electrons. The first-order valence-electron chi connectivity index (χ1n) is 8.77. The Hall–Kier alpha value is -2.73. The van der Waals surface area contributed by atoms with Gasteiger partial charge in [0.25, 0.3) is 0 Å². The summed E-state index contributed by atoms with van der Waals surface area (Å²) < 4.78 is 18.4. The van der Waals surface area contributed by atoms with Crippen LogP contribution in [0.1, 0.15) is 31.1 Å². The smallest absolute Gasteiger partial charge is 0.226 e. The number of rotatable bonds is 7. The second-order valence-electron chi connectivity index (χ2n) is 6.12. The molecule has 0 saturated heterocycles. The van der Waals surface area contributed by atoms with E-state index in [4.69, 9.17) is 4.74 Å². The van der Waals surface area contributed by atoms with Gasteiger partial charge in [-0.2, -0.15) is 0 Å². The number of aromatic nitrogens is 1. The Bertz CT molecular complexity index is 891. The maximum atomic E-state index is 13.0. The van der Waals surface area contributed by atoms with E-state index >= 15 is 0 Å². The minimum atomic E-state index is -0.290. The molecular weight excluding hydrogens is 363 g/mol. The average molecular weight is 384 g/mol. The molecule has 0 aliphatic rings. The van der Waals surface area contributed by atoms with Crippen molar-refractivity contribution in [1.82, 2.24) is 10.3 Å². The molecule has 1 amide bonds. The van der Waals surface area contributed by atoms with Crippen LogP contribution in [0.3, 0.4) is 0 Å². The molecule has 0 fully saturated rings. The van der Waals surface area contributed by atoms with Gasteiger partial charge in [0, 0.05) is 10.9 Å². The Balaban J connectivity index is 1.59. The molecule has 0 saturated carbocycles. The zero-order valence-corrected chi connectivity index (χ0v) is 16.1. The lowest BCUT2D eigenvalue weighted by molar-refractivity contribution is -0.121. The van der Waals surface area contributed by atoms with Crippen LogP contribution in [-0.2, 0) is 11.2 Å². The monoisotopic (exact) mass is 384 g/mol. The summed E-state index contributed by atoms with van der Waals surface area (Å²) in [6.07, 6.45) is 0.207. The maximum Gasteiger partial charge on any atom is 0.226 e. The molecule has 4 nitrogen and oxygen atoms in total. The Morgan fingerprint density at radius 1 is 1.19 bits per heavy atom. The van der Waals surface area contributed by atoms with Crippen molar-refractivity contribution in [1.29, 1.82) is 0 Å². The van der Waals surface area contributed by atoms with Crippen LogP contribution in [0.25, 0.3) is 10.6 Å². The lowest BCUT2D eigenvalue weighted by atomic mass is 10.1. The molecule has 1 heterocycles. The van der Waals surface area contributed by atoms with Crippen molar-refractivity contribution in [3.63, 3.8) is 0 Å². The van der Waals surface area contributed by atoms with E-state index in [9.17, 15) is 9.18 Å². The van der Waals surface area contributed by atoms with E-state index in [2.05, 4.69) is 10.3 Å². The number of hydrogen-bond donors (Lipinski definition) is 1. The molecule has 0 aliphatic heterocycles. The van der Waals surface area contributed by atoms with Gasteiger partial charge < -0.3 is 10.1 Å². The number of carbonyl (C=O) groups is 1. The lowest BCUT2D eigenvalue weighted by Crippen LogP contribution is -2.28. The van der Waals surface area contributed by atoms with Gasteiger partial charge in [0.05, 0.1) is 24.8 Å². The van der Waals surface area contributed by atoms with Gasteiger partial charge in [0.1, 0.15) is 16.6 Å². The minimum Gasteiger partial charge on any atom is -0.494 e. The fraction of sp³-hybridized carbons (Fsp3) is 0.238. The van der Waals surface area contributed by atoms with Crippen molar-refractivity contribution >= 4 is 17.2 Å². The van der Waals surface area contributed by atoms with Gasteiger partial charge in [-0.05, 0) is 55.8 Å². The first kappa shape index (κ1) is 19.0. The van der Waals surface area contributed by atoms with Crippen molar-refractivity contribution in [3.05, 3.63) is 71.0 Å². The summed E-state index contributed by atoms with van der Waals surface area (Å²) in [6, 6.07) is 13.7. The highest BCUT2D eigenvalue weighted by atomic mass is 32.1. The molecule has 2 aromatic carbocycles. The van der Waals surface area contributed by atoms with E-state index in [1.807, 2.05) is 43.5 Å². The normalized spacial score (nSPS) is 11.8. The molecule has 3 rings (SSSR count). The van der Waals surface area contributed by atoms with Gasteiger partial charge in [-0.15, -0.1) is 11.3 Å². The van der Waals surface area contributed by atoms with Crippen LogP contribution >= 0.6 is 11.3 Å². The molecule has 0 spiro atoms. The summed E-state index contributed by atoms with van der Waals surface area (Å²) in [5.41, 5.74) is 2.58. The number of nitrogens with one attached hydrogen (secondary N) is 1. The van der Waals surface area contributed by atoms with Crippen LogP contribution in [0.15, 0.2) is 53.9 Å². The summed E-state index contributed by atoms with van der Waals surface area (Å²) in [4.78, 5) is 16.8. The van der Waals surface area contributed by atoms with Gasteiger partial charge in [0.2, 0.25) is 5.91 Å². The molecule has 1 atom stereocenters. The number of thiazole rings is 1. The van der Waals surface area contributed by atoms with E-state index < -0.39 is 0 Å². The van der Waals surface area contributed by atoms with Gasteiger partial charge in [0.15, 0.2) is 0 Å². The first-order chi connectivity index (χ1) is 13.0. The molecule has 27 heavy (non-hydrogen) atoms. The third-order valence-electron chi connectivity index (χ3n) is 4.05. The Labute approximate surface area is 162 Å². The molecule has 3 aromatic rings. The predicted molar refractivity (Wildman–Crippen MR) is 105 cm³/mol. The molecular formula is C21H21FN2O2S. The molecule has 6 heteroatoms. The quantitative estimate of drug-likeness (QED) is 0.638. The summed E-state index contributed by atoms with van der Waals surface area (Å²) in [5, 5.41) is 5.69.